The van der Waals surface area contributed by atoms with Crippen molar-refractivity contribution in [1.29, 1.82) is 0 Å². The molecule has 0 saturated carbocycles. The van der Waals surface area contributed by atoms with Crippen molar-refractivity contribution in [3.8, 4) is 5.69 Å². The van der Waals surface area contributed by atoms with E-state index < -0.39 is 21.5 Å². The molecule has 0 saturated heterocycles. The Kier molecular flexibility index (Phi) is 3.90. The van der Waals surface area contributed by atoms with Crippen LogP contribution in [0.25, 0.3) is 26.9 Å². The minimum atomic E-state index is -4.39. The molecule has 5 nitrogen and oxygen atoms in total. The topological polar surface area (TPSA) is 52.2 Å². The third kappa shape index (κ3) is 3.23. The van der Waals surface area contributed by atoms with Gasteiger partial charge in [-0.2, -0.15) is 22.6 Å². The Morgan fingerprint density at radius 3 is 2.41 bits per heavy atom. The first-order chi connectivity index (χ1) is 12.5. The van der Waals surface area contributed by atoms with Gasteiger partial charge < -0.3 is 0 Å². The summed E-state index contributed by atoms with van der Waals surface area (Å²) in [6, 6.07) is 6.81. The number of aromatic nitrogens is 3. The van der Waals surface area contributed by atoms with Gasteiger partial charge in [0.25, 0.3) is 0 Å². The number of hydrogen-bond donors (Lipinski definition) is 0. The van der Waals surface area contributed by atoms with E-state index >= 15 is 0 Å². The van der Waals surface area contributed by atoms with Crippen molar-refractivity contribution in [1.82, 2.24) is 14.3 Å². The van der Waals surface area contributed by atoms with Gasteiger partial charge in [0.2, 0.25) is 0 Å². The summed E-state index contributed by atoms with van der Waals surface area (Å²) in [5.41, 5.74) is 0.521. The second kappa shape index (κ2) is 5.83. The number of alkyl halides is 3. The molecule has 4 rings (SSSR count). The summed E-state index contributed by atoms with van der Waals surface area (Å²) in [6.45, 7) is 0. The lowest BCUT2D eigenvalue weighted by atomic mass is 10.2. The molecule has 0 fully saturated rings. The highest BCUT2D eigenvalue weighted by Gasteiger charge is 2.30. The molecule has 0 aliphatic carbocycles. The monoisotopic (exact) mass is 412 g/mol. The van der Waals surface area contributed by atoms with Gasteiger partial charge in [0.15, 0.2) is 5.65 Å². The average molecular weight is 412 g/mol. The molecule has 0 amide bonds. The van der Waals surface area contributed by atoms with Crippen LogP contribution in [-0.4, -0.2) is 31.1 Å². The lowest BCUT2D eigenvalue weighted by molar-refractivity contribution is -0.137. The quantitative estimate of drug-likeness (QED) is 0.467. The van der Waals surface area contributed by atoms with E-state index in [0.717, 1.165) is 27.7 Å². The fourth-order valence-corrected chi connectivity index (χ4v) is 5.07. The molecule has 0 unspecified atom stereocenters. The zero-order valence-corrected chi connectivity index (χ0v) is 16.2. The summed E-state index contributed by atoms with van der Waals surface area (Å²) < 4.78 is 58.3. The van der Waals surface area contributed by atoms with Gasteiger partial charge in [0.05, 0.1) is 5.56 Å². The SMILES string of the molecule is Cn1cc2c3cc(N=S(C)(C)=O)sc3n(-c3ccc(C(F)(F)F)cc3)c2n1. The van der Waals surface area contributed by atoms with Crippen LogP contribution in [0.15, 0.2) is 40.9 Å². The molecule has 4 aromatic rings. The molecule has 0 N–H and O–H groups in total. The van der Waals surface area contributed by atoms with Crippen LogP contribution in [0.1, 0.15) is 5.56 Å². The molecule has 10 heteroatoms. The van der Waals surface area contributed by atoms with E-state index in [0.29, 0.717) is 16.3 Å². The van der Waals surface area contributed by atoms with Crippen molar-refractivity contribution in [2.24, 2.45) is 11.4 Å². The van der Waals surface area contributed by atoms with Gasteiger partial charge in [-0.25, -0.2) is 4.21 Å². The van der Waals surface area contributed by atoms with Crippen LogP contribution in [-0.2, 0) is 23.0 Å². The zero-order valence-electron chi connectivity index (χ0n) is 14.6. The van der Waals surface area contributed by atoms with Crippen LogP contribution in [0.5, 0.6) is 0 Å². The Labute approximate surface area is 157 Å². The standard InChI is InChI=1S/C17H15F3N4OS2/c1-23-9-13-12-8-14(22-27(2,3)25)26-16(12)24(15(13)21-23)11-6-4-10(5-7-11)17(18,19)20/h4-9H,1-3H3. The summed E-state index contributed by atoms with van der Waals surface area (Å²) >= 11 is 1.34. The predicted molar refractivity (Wildman–Crippen MR) is 103 cm³/mol. The molecule has 0 aliphatic heterocycles. The Hall–Kier alpha value is -2.33. The maximum Gasteiger partial charge on any atom is 0.416 e. The highest BCUT2D eigenvalue weighted by Crippen LogP contribution is 2.41. The van der Waals surface area contributed by atoms with Crippen LogP contribution in [0.3, 0.4) is 0 Å². The molecule has 0 spiro atoms. The molecule has 0 atom stereocenters. The van der Waals surface area contributed by atoms with Gasteiger partial charge in [-0.1, -0.05) is 11.3 Å². The van der Waals surface area contributed by atoms with Gasteiger partial charge >= 0.3 is 6.18 Å². The van der Waals surface area contributed by atoms with Gasteiger partial charge in [0, 0.05) is 51.9 Å². The number of benzene rings is 1. The van der Waals surface area contributed by atoms with E-state index in [1.807, 2.05) is 16.8 Å². The van der Waals surface area contributed by atoms with E-state index in [1.165, 1.54) is 23.5 Å². The second-order valence-corrected chi connectivity index (χ2v) is 10.1. The maximum absolute atomic E-state index is 12.9. The Morgan fingerprint density at radius 2 is 1.81 bits per heavy atom. The maximum atomic E-state index is 12.9. The highest BCUT2D eigenvalue weighted by atomic mass is 32.2. The molecular formula is C17H15F3N4OS2. The average Bonchev–Trinajstić information content (AvgIpc) is 3.15. The molecule has 0 bridgehead atoms. The summed E-state index contributed by atoms with van der Waals surface area (Å²) in [6.07, 6.45) is 0.578. The smallest absolute Gasteiger partial charge is 0.283 e. The van der Waals surface area contributed by atoms with Crippen LogP contribution < -0.4 is 0 Å². The molecule has 1 aromatic carbocycles. The van der Waals surface area contributed by atoms with E-state index in [-0.39, 0.29) is 0 Å². The summed E-state index contributed by atoms with van der Waals surface area (Å²) in [5, 5.41) is 6.81. The number of hydrogen-bond acceptors (Lipinski definition) is 4. The third-order valence-electron chi connectivity index (χ3n) is 3.98. The van der Waals surface area contributed by atoms with Crippen LogP contribution in [0.4, 0.5) is 18.2 Å². The first-order valence-electron chi connectivity index (χ1n) is 7.85. The molecule has 27 heavy (non-hydrogen) atoms. The fourth-order valence-electron chi connectivity index (χ4n) is 2.96. The van der Waals surface area contributed by atoms with Crippen molar-refractivity contribution < 1.29 is 17.4 Å². The lowest BCUT2D eigenvalue weighted by Gasteiger charge is -2.09. The normalized spacial score (nSPS) is 13.0. The minimum absolute atomic E-state index is 0.573. The Morgan fingerprint density at radius 1 is 1.15 bits per heavy atom. The summed E-state index contributed by atoms with van der Waals surface area (Å²) in [7, 11) is -0.537. The Bertz CT molecular complexity index is 1280. The summed E-state index contributed by atoms with van der Waals surface area (Å²) in [5.74, 6) is 0. The van der Waals surface area contributed by atoms with Crippen molar-refractivity contribution in [2.75, 3.05) is 12.5 Å². The van der Waals surface area contributed by atoms with Gasteiger partial charge in [0.1, 0.15) is 9.83 Å². The van der Waals surface area contributed by atoms with Gasteiger partial charge in [-0.05, 0) is 30.3 Å². The predicted octanol–water partition coefficient (Wildman–Crippen LogP) is 4.96. The van der Waals surface area contributed by atoms with Crippen LogP contribution in [0.2, 0.25) is 0 Å². The highest BCUT2D eigenvalue weighted by molar-refractivity contribution is 7.92. The molecular weight excluding hydrogens is 397 g/mol. The van der Waals surface area contributed by atoms with E-state index in [2.05, 4.69) is 9.46 Å². The van der Waals surface area contributed by atoms with E-state index in [1.54, 1.807) is 24.2 Å². The fraction of sp³-hybridized carbons (Fsp3) is 0.235. The molecule has 142 valence electrons. The Balaban J connectivity index is 1.98. The molecule has 0 aliphatic rings. The van der Waals surface area contributed by atoms with Crippen LogP contribution >= 0.6 is 11.3 Å². The number of nitrogens with zero attached hydrogens (tertiary/aromatic N) is 4. The largest absolute Gasteiger partial charge is 0.416 e. The van der Waals surface area contributed by atoms with Gasteiger partial charge in [-0.3, -0.25) is 9.25 Å². The van der Waals surface area contributed by atoms with Crippen molar-refractivity contribution in [3.63, 3.8) is 0 Å². The van der Waals surface area contributed by atoms with E-state index in [9.17, 15) is 17.4 Å². The van der Waals surface area contributed by atoms with E-state index in [4.69, 9.17) is 0 Å². The number of fused-ring (bicyclic) bond motifs is 3. The third-order valence-corrected chi connectivity index (χ3v) is 5.74. The zero-order chi connectivity index (χ0) is 19.6. The molecule has 3 heterocycles. The molecule has 0 radical (unpaired) electrons. The first kappa shape index (κ1) is 18.1. The minimum Gasteiger partial charge on any atom is -0.283 e. The van der Waals surface area contributed by atoms with Gasteiger partial charge in [-0.15, -0.1) is 0 Å². The first-order valence-corrected chi connectivity index (χ1v) is 11.0. The number of thiophene rings is 1. The van der Waals surface area contributed by atoms with Crippen molar-refractivity contribution in [2.45, 2.75) is 6.18 Å². The summed E-state index contributed by atoms with van der Waals surface area (Å²) in [4.78, 5) is 0.801. The molecule has 3 aromatic heterocycles. The number of rotatable bonds is 2. The number of halogens is 3. The number of aryl methyl sites for hydroxylation is 1. The lowest BCUT2D eigenvalue weighted by Crippen LogP contribution is -2.05. The van der Waals surface area contributed by atoms with Crippen LogP contribution in [0, 0.1) is 0 Å². The second-order valence-electron chi connectivity index (χ2n) is 6.50. The van der Waals surface area contributed by atoms with Crippen molar-refractivity contribution in [3.05, 3.63) is 42.1 Å². The van der Waals surface area contributed by atoms with Crippen molar-refractivity contribution >= 4 is 47.3 Å².